The quantitative estimate of drug-likeness (QED) is 0.284. The zero-order valence-corrected chi connectivity index (χ0v) is 27.1. The van der Waals surface area contributed by atoms with Gasteiger partial charge in [0.1, 0.15) is 12.2 Å². The molecule has 2 heterocycles. The number of carbonyl (C=O) groups is 3. The highest BCUT2D eigenvalue weighted by Crippen LogP contribution is 2.31. The molecule has 44 heavy (non-hydrogen) atoms. The van der Waals surface area contributed by atoms with E-state index in [4.69, 9.17) is 4.74 Å². The molecule has 0 spiro atoms. The minimum absolute atomic E-state index is 0.0314. The lowest BCUT2D eigenvalue weighted by molar-refractivity contribution is -0.151. The molecule has 9 nitrogen and oxygen atoms in total. The van der Waals surface area contributed by atoms with Gasteiger partial charge < -0.3 is 19.4 Å². The number of thiazole rings is 1. The molecule has 0 bridgehead atoms. The maximum atomic E-state index is 14.6. The predicted octanol–water partition coefficient (Wildman–Crippen LogP) is 4.18. The molecule has 2 aromatic carbocycles. The fourth-order valence-electron chi connectivity index (χ4n) is 5.57. The van der Waals surface area contributed by atoms with E-state index < -0.39 is 12.2 Å². The van der Waals surface area contributed by atoms with Crippen LogP contribution in [0.5, 0.6) is 0 Å². The highest BCUT2D eigenvalue weighted by molar-refractivity contribution is 7.12. The summed E-state index contributed by atoms with van der Waals surface area (Å²) in [5.74, 6) is -0.405. The molecule has 4 rings (SSSR count). The van der Waals surface area contributed by atoms with Gasteiger partial charge in [0.25, 0.3) is 0 Å². The summed E-state index contributed by atoms with van der Waals surface area (Å²) in [6.45, 7) is 8.44. The number of methoxy groups -OCH3 is 1. The van der Waals surface area contributed by atoms with Crippen LogP contribution in [0, 0.1) is 13.8 Å². The number of amides is 3. The van der Waals surface area contributed by atoms with E-state index in [1.54, 1.807) is 37.0 Å². The Balaban J connectivity index is 1.84. The van der Waals surface area contributed by atoms with Gasteiger partial charge in [-0.15, -0.1) is 11.3 Å². The van der Waals surface area contributed by atoms with Crippen LogP contribution in [-0.2, 0) is 25.5 Å². The van der Waals surface area contributed by atoms with Gasteiger partial charge in [-0.25, -0.2) is 4.98 Å². The van der Waals surface area contributed by atoms with Crippen molar-refractivity contribution in [2.75, 3.05) is 53.5 Å². The molecule has 2 atom stereocenters. The molecular formula is C34H43N5O4S. The molecule has 10 heteroatoms. The maximum absolute atomic E-state index is 14.6. The Morgan fingerprint density at radius 2 is 1.64 bits per heavy atom. The summed E-state index contributed by atoms with van der Waals surface area (Å²) in [5.41, 5.74) is 2.72. The van der Waals surface area contributed by atoms with Crippen molar-refractivity contribution in [3.05, 3.63) is 93.4 Å². The summed E-state index contributed by atoms with van der Waals surface area (Å²) >= 11 is 1.53. The van der Waals surface area contributed by atoms with Crippen LogP contribution in [0.25, 0.3) is 6.08 Å². The van der Waals surface area contributed by atoms with E-state index in [0.29, 0.717) is 45.8 Å². The molecule has 1 aliphatic heterocycles. The Morgan fingerprint density at radius 1 is 1.00 bits per heavy atom. The van der Waals surface area contributed by atoms with Crippen molar-refractivity contribution in [1.29, 1.82) is 0 Å². The van der Waals surface area contributed by atoms with Crippen LogP contribution < -0.4 is 0 Å². The van der Waals surface area contributed by atoms with Gasteiger partial charge in [0.2, 0.25) is 17.7 Å². The standard InChI is InChI=1S/C34H43N5O4S/c1-25-31(44-26(2)35-25)16-17-32(41)39(30(24-28-12-8-6-9-13-28)34(42)36(4)22-23-43-5)33(29-14-10-7-11-15-29)38-20-18-37(19-21-38)27(3)40/h6-17,30,33H,18-24H2,1-5H3/b17-16+/t30?,33-/m0/s1. The molecule has 1 aromatic heterocycles. The van der Waals surface area contributed by atoms with Gasteiger partial charge in [-0.1, -0.05) is 60.7 Å². The third-order valence-corrected chi connectivity index (χ3v) is 8.98. The van der Waals surface area contributed by atoms with Gasteiger partial charge in [-0.3, -0.25) is 19.3 Å². The Morgan fingerprint density at radius 3 is 2.20 bits per heavy atom. The second kappa shape index (κ2) is 15.7. The molecule has 1 saturated heterocycles. The average Bonchev–Trinajstić information content (AvgIpc) is 3.37. The Kier molecular flexibility index (Phi) is 11.8. The fourth-order valence-corrected chi connectivity index (χ4v) is 6.40. The van der Waals surface area contributed by atoms with Crippen LogP contribution >= 0.6 is 11.3 Å². The summed E-state index contributed by atoms with van der Waals surface area (Å²) in [4.78, 5) is 54.0. The van der Waals surface area contributed by atoms with Crippen molar-refractivity contribution in [1.82, 2.24) is 24.6 Å². The van der Waals surface area contributed by atoms with Crippen molar-refractivity contribution in [2.24, 2.45) is 0 Å². The number of piperazine rings is 1. The second-order valence-corrected chi connectivity index (χ2v) is 12.3. The molecular weight excluding hydrogens is 574 g/mol. The normalized spacial score (nSPS) is 15.2. The number of hydrogen-bond donors (Lipinski definition) is 0. The molecule has 234 valence electrons. The first kappa shape index (κ1) is 33.0. The van der Waals surface area contributed by atoms with Crippen LogP contribution in [0.4, 0.5) is 0 Å². The first-order valence-corrected chi connectivity index (χ1v) is 15.8. The minimum Gasteiger partial charge on any atom is -0.383 e. The molecule has 1 fully saturated rings. The SMILES string of the molecule is COCCN(C)C(=O)C(Cc1ccccc1)N(C(=O)/C=C/c1sc(C)nc1C)[C@@H](c1ccccc1)N1CCN(C(C)=O)CC1. The lowest BCUT2D eigenvalue weighted by atomic mass is 9.99. The Bertz CT molecular complexity index is 1420. The van der Waals surface area contributed by atoms with Gasteiger partial charge >= 0.3 is 0 Å². The number of ether oxygens (including phenoxy) is 1. The van der Waals surface area contributed by atoms with Crippen molar-refractivity contribution in [3.8, 4) is 0 Å². The van der Waals surface area contributed by atoms with Crippen molar-refractivity contribution < 1.29 is 19.1 Å². The van der Waals surface area contributed by atoms with Gasteiger partial charge in [0.15, 0.2) is 0 Å². The molecule has 1 aliphatic rings. The lowest BCUT2D eigenvalue weighted by Crippen LogP contribution is -2.59. The molecule has 0 radical (unpaired) electrons. The van der Waals surface area contributed by atoms with E-state index >= 15 is 0 Å². The van der Waals surface area contributed by atoms with Crippen molar-refractivity contribution in [3.63, 3.8) is 0 Å². The third-order valence-electron chi connectivity index (χ3n) is 7.94. The van der Waals surface area contributed by atoms with E-state index in [1.807, 2.05) is 85.5 Å². The molecule has 3 aromatic rings. The first-order valence-electron chi connectivity index (χ1n) is 15.0. The Hall–Kier alpha value is -3.86. The van der Waals surface area contributed by atoms with Crippen LogP contribution in [0.2, 0.25) is 0 Å². The van der Waals surface area contributed by atoms with E-state index in [-0.39, 0.29) is 17.7 Å². The summed E-state index contributed by atoms with van der Waals surface area (Å²) in [6, 6.07) is 18.9. The van der Waals surface area contributed by atoms with Crippen molar-refractivity contribution in [2.45, 2.75) is 39.4 Å². The van der Waals surface area contributed by atoms with Crippen LogP contribution in [0.1, 0.15) is 39.8 Å². The number of nitrogens with zero attached hydrogens (tertiary/aromatic N) is 5. The number of aryl methyl sites for hydroxylation is 2. The number of likely N-dealkylation sites (N-methyl/N-ethyl adjacent to an activating group) is 1. The molecule has 0 N–H and O–H groups in total. The zero-order valence-electron chi connectivity index (χ0n) is 26.3. The number of rotatable bonds is 12. The van der Waals surface area contributed by atoms with Crippen LogP contribution in [0.3, 0.4) is 0 Å². The lowest BCUT2D eigenvalue weighted by Gasteiger charge is -2.46. The first-order chi connectivity index (χ1) is 21.2. The predicted molar refractivity (Wildman–Crippen MR) is 174 cm³/mol. The Labute approximate surface area is 264 Å². The minimum atomic E-state index is -0.809. The smallest absolute Gasteiger partial charge is 0.248 e. The monoisotopic (exact) mass is 617 g/mol. The topological polar surface area (TPSA) is 86.3 Å². The molecule has 0 aliphatic carbocycles. The van der Waals surface area contributed by atoms with Crippen LogP contribution in [-0.4, -0.2) is 102 Å². The number of benzene rings is 2. The third kappa shape index (κ3) is 8.40. The fraction of sp³-hybridized carbons (Fsp3) is 0.412. The molecule has 1 unspecified atom stereocenters. The highest BCUT2D eigenvalue weighted by atomic mass is 32.1. The van der Waals surface area contributed by atoms with Gasteiger partial charge in [-0.2, -0.15) is 0 Å². The summed E-state index contributed by atoms with van der Waals surface area (Å²) < 4.78 is 5.28. The highest BCUT2D eigenvalue weighted by Gasteiger charge is 2.40. The van der Waals surface area contributed by atoms with Gasteiger partial charge in [0, 0.05) is 66.3 Å². The second-order valence-electron chi connectivity index (χ2n) is 11.0. The summed E-state index contributed by atoms with van der Waals surface area (Å²) in [5, 5.41) is 0.925. The number of aromatic nitrogens is 1. The van der Waals surface area contributed by atoms with Gasteiger partial charge in [-0.05, 0) is 31.1 Å². The molecule has 3 amide bonds. The van der Waals surface area contributed by atoms with Crippen LogP contribution in [0.15, 0.2) is 66.7 Å². The number of hydrogen-bond acceptors (Lipinski definition) is 7. The zero-order chi connectivity index (χ0) is 31.6. The van der Waals surface area contributed by atoms with Crippen molar-refractivity contribution >= 4 is 35.1 Å². The summed E-state index contributed by atoms with van der Waals surface area (Å²) in [7, 11) is 3.36. The number of carbonyl (C=O) groups excluding carboxylic acids is 3. The maximum Gasteiger partial charge on any atom is 0.248 e. The largest absolute Gasteiger partial charge is 0.383 e. The van der Waals surface area contributed by atoms with E-state index in [9.17, 15) is 14.4 Å². The van der Waals surface area contributed by atoms with E-state index in [1.165, 1.54) is 11.3 Å². The van der Waals surface area contributed by atoms with Gasteiger partial charge in [0.05, 0.1) is 22.2 Å². The molecule has 0 saturated carbocycles. The summed E-state index contributed by atoms with van der Waals surface area (Å²) in [6.07, 6.45) is 3.18. The van der Waals surface area contributed by atoms with E-state index in [0.717, 1.165) is 26.7 Å². The average molecular weight is 618 g/mol. The van der Waals surface area contributed by atoms with E-state index in [2.05, 4.69) is 9.88 Å².